The molecule has 2 N–H and O–H groups in total. The van der Waals surface area contributed by atoms with Crippen LogP contribution >= 0.6 is 11.8 Å². The van der Waals surface area contributed by atoms with E-state index < -0.39 is 6.36 Å². The maximum atomic E-state index is 12.2. The number of hydrogen-bond acceptors (Lipinski definition) is 4. The number of benzene rings is 1. The molecule has 0 atom stereocenters. The summed E-state index contributed by atoms with van der Waals surface area (Å²) >= 11 is 1.09. The van der Waals surface area contributed by atoms with Crippen LogP contribution in [0.2, 0.25) is 0 Å². The van der Waals surface area contributed by atoms with Crippen molar-refractivity contribution >= 4 is 22.5 Å². The third kappa shape index (κ3) is 14.3. The largest absolute Gasteiger partial charge is 0.573 e. The second-order valence-corrected chi connectivity index (χ2v) is 5.60. The first-order chi connectivity index (χ1) is 11.7. The normalized spacial score (nSPS) is 9.56. The maximum absolute atomic E-state index is 12.2. The van der Waals surface area contributed by atoms with Crippen LogP contribution in [0.1, 0.15) is 47.5 Å². The average molecular weight is 376 g/mol. The van der Waals surface area contributed by atoms with Gasteiger partial charge in [-0.1, -0.05) is 39.5 Å². The Morgan fingerprint density at radius 2 is 1.88 bits per heavy atom. The molecule has 0 spiro atoms. The van der Waals surface area contributed by atoms with Gasteiger partial charge in [0.2, 0.25) is 0 Å². The summed E-state index contributed by atoms with van der Waals surface area (Å²) in [6, 6.07) is 4.07. The number of anilines is 1. The SMILES string of the molecule is C#CCC.CC.CCCNc1ccc(OC(F)(F)F)cc1SC(C)=N. The van der Waals surface area contributed by atoms with Crippen LogP contribution in [0.5, 0.6) is 5.75 Å². The van der Waals surface area contributed by atoms with E-state index in [4.69, 9.17) is 11.8 Å². The molecule has 0 amide bonds. The number of hydrogen-bond donors (Lipinski definition) is 2. The molecule has 0 saturated carbocycles. The van der Waals surface area contributed by atoms with Crippen molar-refractivity contribution in [3.63, 3.8) is 0 Å². The van der Waals surface area contributed by atoms with Crippen LogP contribution in [0.4, 0.5) is 18.9 Å². The molecule has 0 bridgehead atoms. The van der Waals surface area contributed by atoms with E-state index in [0.29, 0.717) is 22.2 Å². The zero-order valence-electron chi connectivity index (χ0n) is 15.4. The van der Waals surface area contributed by atoms with Gasteiger partial charge in [-0.2, -0.15) is 0 Å². The molecule has 0 unspecified atom stereocenters. The van der Waals surface area contributed by atoms with Gasteiger partial charge in [-0.15, -0.1) is 25.5 Å². The maximum Gasteiger partial charge on any atom is 0.573 e. The number of rotatable bonds is 5. The van der Waals surface area contributed by atoms with E-state index in [1.807, 2.05) is 27.7 Å². The first-order valence-corrected chi connectivity index (χ1v) is 8.85. The molecule has 142 valence electrons. The number of nitrogens with one attached hydrogen (secondary N) is 2. The van der Waals surface area contributed by atoms with Gasteiger partial charge < -0.3 is 10.1 Å². The summed E-state index contributed by atoms with van der Waals surface area (Å²) in [6.45, 7) is 10.2. The molecule has 0 aliphatic carbocycles. The minimum absolute atomic E-state index is 0.279. The molecule has 25 heavy (non-hydrogen) atoms. The highest BCUT2D eigenvalue weighted by molar-refractivity contribution is 8.13. The van der Waals surface area contributed by atoms with Crippen molar-refractivity contribution in [2.75, 3.05) is 11.9 Å². The van der Waals surface area contributed by atoms with Crippen LogP contribution in [0.15, 0.2) is 23.1 Å². The zero-order chi connectivity index (χ0) is 19.9. The van der Waals surface area contributed by atoms with Gasteiger partial charge >= 0.3 is 6.36 Å². The van der Waals surface area contributed by atoms with Crippen molar-refractivity contribution in [3.8, 4) is 18.1 Å². The molecular formula is C18H27F3N2OS. The fraction of sp³-hybridized carbons (Fsp3) is 0.500. The van der Waals surface area contributed by atoms with Crippen molar-refractivity contribution < 1.29 is 17.9 Å². The predicted molar refractivity (Wildman–Crippen MR) is 102 cm³/mol. The van der Waals surface area contributed by atoms with Gasteiger partial charge in [-0.3, -0.25) is 5.41 Å². The molecular weight excluding hydrogens is 349 g/mol. The van der Waals surface area contributed by atoms with E-state index in [1.165, 1.54) is 18.2 Å². The fourth-order valence-corrected chi connectivity index (χ4v) is 2.11. The van der Waals surface area contributed by atoms with Gasteiger partial charge in [0.1, 0.15) is 5.75 Å². The predicted octanol–water partition coefficient (Wildman–Crippen LogP) is 6.55. The second kappa shape index (κ2) is 14.5. The average Bonchev–Trinajstić information content (AvgIpc) is 2.54. The minimum atomic E-state index is -4.71. The highest BCUT2D eigenvalue weighted by Gasteiger charge is 2.31. The van der Waals surface area contributed by atoms with Crippen LogP contribution in [-0.2, 0) is 0 Å². The Kier molecular flexibility index (Phi) is 14.8. The van der Waals surface area contributed by atoms with Crippen molar-refractivity contribution in [2.24, 2.45) is 0 Å². The summed E-state index contributed by atoms with van der Waals surface area (Å²) < 4.78 is 40.3. The summed E-state index contributed by atoms with van der Waals surface area (Å²) in [5.41, 5.74) is 0.702. The van der Waals surface area contributed by atoms with Crippen molar-refractivity contribution in [1.82, 2.24) is 0 Å². The molecule has 0 aliphatic heterocycles. The lowest BCUT2D eigenvalue weighted by Crippen LogP contribution is -2.17. The highest BCUT2D eigenvalue weighted by atomic mass is 32.2. The number of alkyl halides is 3. The van der Waals surface area contributed by atoms with Crippen molar-refractivity contribution in [3.05, 3.63) is 18.2 Å². The Hall–Kier alpha value is -1.81. The van der Waals surface area contributed by atoms with E-state index in [9.17, 15) is 13.2 Å². The Labute approximate surface area is 153 Å². The smallest absolute Gasteiger partial charge is 0.406 e. The van der Waals surface area contributed by atoms with Gasteiger partial charge in [-0.25, -0.2) is 0 Å². The zero-order valence-corrected chi connectivity index (χ0v) is 16.2. The molecule has 0 fully saturated rings. The van der Waals surface area contributed by atoms with Gasteiger partial charge in [0.05, 0.1) is 5.04 Å². The number of thioether (sulfide) groups is 1. The quantitative estimate of drug-likeness (QED) is 0.265. The third-order valence-electron chi connectivity index (χ3n) is 2.22. The van der Waals surface area contributed by atoms with E-state index in [0.717, 1.165) is 24.6 Å². The van der Waals surface area contributed by atoms with Gasteiger partial charge in [0.25, 0.3) is 0 Å². The first kappa shape index (κ1) is 25.4. The van der Waals surface area contributed by atoms with E-state index in [2.05, 4.69) is 16.0 Å². The second-order valence-electron chi connectivity index (χ2n) is 4.35. The molecule has 7 heteroatoms. The number of halogens is 3. The molecule has 3 nitrogen and oxygen atoms in total. The molecule has 0 saturated heterocycles. The van der Waals surface area contributed by atoms with Crippen LogP contribution < -0.4 is 10.1 Å². The molecule has 1 aromatic rings. The monoisotopic (exact) mass is 376 g/mol. The topological polar surface area (TPSA) is 45.1 Å². The number of terminal acetylenes is 1. The molecule has 0 radical (unpaired) electrons. The Morgan fingerprint density at radius 1 is 1.32 bits per heavy atom. The Morgan fingerprint density at radius 3 is 2.28 bits per heavy atom. The highest BCUT2D eigenvalue weighted by Crippen LogP contribution is 2.33. The summed E-state index contributed by atoms with van der Waals surface area (Å²) in [4.78, 5) is 0.544. The molecule has 1 aromatic carbocycles. The molecule has 0 aliphatic rings. The van der Waals surface area contributed by atoms with Gasteiger partial charge in [0, 0.05) is 23.5 Å². The molecule has 1 rings (SSSR count). The van der Waals surface area contributed by atoms with Crippen LogP contribution in [0, 0.1) is 17.8 Å². The summed E-state index contributed by atoms with van der Waals surface area (Å²) in [5.74, 6) is 2.15. The van der Waals surface area contributed by atoms with Crippen LogP contribution in [-0.4, -0.2) is 18.0 Å². The summed E-state index contributed by atoms with van der Waals surface area (Å²) in [7, 11) is 0. The Bertz CT molecular complexity index is 540. The third-order valence-corrected chi connectivity index (χ3v) is 3.08. The van der Waals surface area contributed by atoms with E-state index in [-0.39, 0.29) is 5.75 Å². The first-order valence-electron chi connectivity index (χ1n) is 8.03. The van der Waals surface area contributed by atoms with Gasteiger partial charge in [0.15, 0.2) is 0 Å². The Balaban J connectivity index is 0. The van der Waals surface area contributed by atoms with Crippen LogP contribution in [0.3, 0.4) is 0 Å². The fourth-order valence-electron chi connectivity index (χ4n) is 1.35. The van der Waals surface area contributed by atoms with Gasteiger partial charge in [-0.05, 0) is 31.5 Å². The van der Waals surface area contributed by atoms with Crippen molar-refractivity contribution in [2.45, 2.75) is 58.7 Å². The lowest BCUT2D eigenvalue weighted by Gasteiger charge is -2.14. The lowest BCUT2D eigenvalue weighted by molar-refractivity contribution is -0.274. The summed E-state index contributed by atoms with van der Waals surface area (Å²) in [6.07, 6.45) is 1.81. The molecule has 0 aromatic heterocycles. The van der Waals surface area contributed by atoms with E-state index in [1.54, 1.807) is 6.92 Å². The summed E-state index contributed by atoms with van der Waals surface area (Å²) in [5, 5.41) is 10.8. The number of ether oxygens (including phenoxy) is 1. The lowest BCUT2D eigenvalue weighted by atomic mass is 10.3. The minimum Gasteiger partial charge on any atom is -0.406 e. The molecule has 0 heterocycles. The van der Waals surface area contributed by atoms with E-state index >= 15 is 0 Å². The standard InChI is InChI=1S/C12H15F3N2OS.C4H6.C2H6/c1-3-6-17-10-5-4-9(18-12(13,14)15)7-11(10)19-8(2)16;1-3-4-2;1-2/h4-5,7,16-17H,3,6H2,1-2H3;1H,4H2,2H3;1-2H3. The van der Waals surface area contributed by atoms with Crippen molar-refractivity contribution in [1.29, 1.82) is 5.41 Å². The van der Waals surface area contributed by atoms with Crippen LogP contribution in [0.25, 0.3) is 0 Å².